The third-order valence-corrected chi connectivity index (χ3v) is 12.2. The lowest BCUT2D eigenvalue weighted by Crippen LogP contribution is -2.26. The maximum Gasteiger partial charge on any atom is 0.0836 e. The van der Waals surface area contributed by atoms with Crippen LogP contribution >= 0.6 is 0 Å². The summed E-state index contributed by atoms with van der Waals surface area (Å²) in [6.45, 7) is 0. The molecular weight excluding hydrogens is 817 g/mol. The second-order valence-corrected chi connectivity index (χ2v) is 16.4. The van der Waals surface area contributed by atoms with Crippen molar-refractivity contribution in [3.63, 3.8) is 0 Å². The van der Waals surface area contributed by atoms with Gasteiger partial charge in [0.15, 0.2) is 0 Å². The van der Waals surface area contributed by atoms with Gasteiger partial charge in [-0.1, -0.05) is 241 Å². The summed E-state index contributed by atoms with van der Waals surface area (Å²) in [4.78, 5) is 0. The van der Waals surface area contributed by atoms with Crippen molar-refractivity contribution in [1.82, 2.24) is 0 Å². The Kier molecular flexibility index (Phi) is 11.4. The minimum absolute atomic E-state index is 0.741. The van der Waals surface area contributed by atoms with Crippen molar-refractivity contribution >= 4 is 32.7 Å². The molecule has 0 aliphatic carbocycles. The Bertz CT molecular complexity index is 3420. The zero-order valence-electron chi connectivity index (χ0n) is 37.1. The molecule has 0 saturated heterocycles. The van der Waals surface area contributed by atoms with Gasteiger partial charge in [-0.15, -0.1) is 0 Å². The molecule has 68 heavy (non-hydrogen) atoms. The van der Waals surface area contributed by atoms with Crippen molar-refractivity contribution in [2.24, 2.45) is 0 Å². The molecule has 0 amide bonds. The highest BCUT2D eigenvalue weighted by Gasteiger charge is 2.32. The van der Waals surface area contributed by atoms with Crippen LogP contribution in [-0.2, 0) is 0 Å². The standard InChI is InChI=1S/C68H40/c1-9-25-49(26-10-1)41-45-57(46-42-50-27-11-2-12-28-50)63-65-59(53-33-17-5-18-34-53)61(55-37-21-7-22-38-55)67(65)64(58(47-43-51-29-13-3-14-30-51)48-44-52-31-15-4-16-32-52)68-62(56-39-23-8-24-40-56)60(66(63)68)54-35-19-6-20-36-54/h1-40H. The third-order valence-electron chi connectivity index (χ3n) is 12.2. The predicted molar refractivity (Wildman–Crippen MR) is 285 cm³/mol. The second kappa shape index (κ2) is 18.9. The smallest absolute Gasteiger partial charge is 0.0622 e. The molecule has 0 atom stereocenters. The number of hydrogen-bond acceptors (Lipinski definition) is 0. The van der Waals surface area contributed by atoms with E-state index in [1.807, 2.05) is 72.8 Å². The minimum Gasteiger partial charge on any atom is -0.0622 e. The molecule has 0 aromatic heterocycles. The first kappa shape index (κ1) is 41.2. The largest absolute Gasteiger partial charge is 0.0836 e. The Hall–Kier alpha value is -9.56. The van der Waals surface area contributed by atoms with E-state index in [0.717, 1.165) is 110 Å². The van der Waals surface area contributed by atoms with E-state index in [-0.39, 0.29) is 0 Å². The molecular formula is C68H40. The molecule has 0 heteroatoms. The molecule has 0 saturated carbocycles. The fourth-order valence-electron chi connectivity index (χ4n) is 9.14. The first-order valence-corrected chi connectivity index (χ1v) is 22.8. The van der Waals surface area contributed by atoms with Gasteiger partial charge in [0.05, 0.1) is 11.1 Å². The summed E-state index contributed by atoms with van der Waals surface area (Å²) in [7, 11) is 0. The van der Waals surface area contributed by atoms with Crippen molar-refractivity contribution in [1.29, 1.82) is 0 Å². The summed E-state index contributed by atoms with van der Waals surface area (Å²) in [6.07, 6.45) is 0. The van der Waals surface area contributed by atoms with Gasteiger partial charge in [-0.25, -0.2) is 0 Å². The predicted octanol–water partition coefficient (Wildman–Crippen LogP) is 14.0. The van der Waals surface area contributed by atoms with Crippen LogP contribution in [0.4, 0.5) is 0 Å². The van der Waals surface area contributed by atoms with Crippen LogP contribution in [0.25, 0.3) is 77.2 Å². The average Bonchev–Trinajstić information content (AvgIpc) is 3.40. The lowest BCUT2D eigenvalue weighted by Gasteiger charge is -2.29. The number of rotatable bonds is 4. The lowest BCUT2D eigenvalue weighted by atomic mass is 9.72. The van der Waals surface area contributed by atoms with E-state index < -0.39 is 0 Å². The summed E-state index contributed by atoms with van der Waals surface area (Å²) in [5.41, 5.74) is 14.1. The van der Waals surface area contributed by atoms with Gasteiger partial charge in [-0.2, -0.15) is 0 Å². The van der Waals surface area contributed by atoms with Crippen molar-refractivity contribution in [3.05, 3.63) is 275 Å². The van der Waals surface area contributed by atoms with E-state index in [4.69, 9.17) is 0 Å². The van der Waals surface area contributed by atoms with Crippen LogP contribution in [0, 0.1) is 47.4 Å². The lowest BCUT2D eigenvalue weighted by molar-refractivity contribution is 1.56. The van der Waals surface area contributed by atoms with Crippen LogP contribution in [0.1, 0.15) is 22.3 Å². The Morgan fingerprint density at radius 3 is 0.574 bits per heavy atom. The maximum atomic E-state index is 3.71. The first-order chi connectivity index (χ1) is 33.8. The molecule has 0 aliphatic heterocycles. The molecule has 11 rings (SSSR count). The molecule has 0 N–H and O–H groups in total. The number of fused-ring (bicyclic) bond motifs is 2. The molecule has 312 valence electrons. The average molecular weight is 857 g/mol. The third kappa shape index (κ3) is 8.09. The molecule has 11 aromatic carbocycles. The summed E-state index contributed by atoms with van der Waals surface area (Å²) in [6, 6.07) is 83.8. The zero-order valence-corrected chi connectivity index (χ0v) is 37.1. The van der Waals surface area contributed by atoms with Crippen LogP contribution in [0.15, 0.2) is 243 Å². The Labute approximate surface area is 397 Å². The second-order valence-electron chi connectivity index (χ2n) is 16.4. The van der Waals surface area contributed by atoms with E-state index in [0.29, 0.717) is 0 Å². The number of hydrogen-bond donors (Lipinski definition) is 0. The molecule has 0 radical (unpaired) electrons. The quantitative estimate of drug-likeness (QED) is 0.155. The topological polar surface area (TPSA) is 0 Å². The van der Waals surface area contributed by atoms with Gasteiger partial charge < -0.3 is 0 Å². The van der Waals surface area contributed by atoms with Gasteiger partial charge in [-0.05, 0) is 93.0 Å². The van der Waals surface area contributed by atoms with Gasteiger partial charge in [-0.3, -0.25) is 0 Å². The van der Waals surface area contributed by atoms with Crippen LogP contribution in [-0.4, -0.2) is 0 Å². The highest BCUT2D eigenvalue weighted by atomic mass is 14.3. The molecule has 0 unspecified atom stereocenters. The molecule has 0 heterocycles. The van der Waals surface area contributed by atoms with Gasteiger partial charge in [0, 0.05) is 54.2 Å². The highest BCUT2D eigenvalue weighted by molar-refractivity contribution is 6.31. The maximum absolute atomic E-state index is 3.71. The molecule has 0 bridgehead atoms. The number of benzene rings is 9. The summed E-state index contributed by atoms with van der Waals surface area (Å²) < 4.78 is 0. The molecule has 11 aromatic rings. The van der Waals surface area contributed by atoms with E-state index in [2.05, 4.69) is 217 Å². The van der Waals surface area contributed by atoms with Gasteiger partial charge in [0.1, 0.15) is 0 Å². The minimum atomic E-state index is 0.741. The molecule has 0 fully saturated rings. The van der Waals surface area contributed by atoms with Gasteiger partial charge >= 0.3 is 0 Å². The highest BCUT2D eigenvalue weighted by Crippen LogP contribution is 2.50. The Morgan fingerprint density at radius 2 is 0.382 bits per heavy atom. The summed E-state index contributed by atoms with van der Waals surface area (Å²) in [5.74, 6) is 29.1. The fourth-order valence-corrected chi connectivity index (χ4v) is 9.14. The van der Waals surface area contributed by atoms with E-state index in [1.54, 1.807) is 0 Å². The molecule has 0 nitrogen and oxygen atoms in total. The Morgan fingerprint density at radius 1 is 0.206 bits per heavy atom. The van der Waals surface area contributed by atoms with Gasteiger partial charge in [0.2, 0.25) is 0 Å². The SMILES string of the molecule is C(#Cc1ccccc1)C(C#Cc1ccccc1)=c1c2c(-c3ccccc3)c(-c3ccccc3)c2c(=C(C#Cc2ccccc2)C#Cc2ccccc2)c2c(-c3ccccc3)c(-c3ccccc3)c12. The van der Waals surface area contributed by atoms with Crippen molar-refractivity contribution < 1.29 is 0 Å². The zero-order chi connectivity index (χ0) is 45.5. The van der Waals surface area contributed by atoms with Crippen LogP contribution in [0.3, 0.4) is 0 Å². The van der Waals surface area contributed by atoms with Crippen LogP contribution in [0.2, 0.25) is 0 Å². The van der Waals surface area contributed by atoms with Gasteiger partial charge in [0.25, 0.3) is 0 Å². The van der Waals surface area contributed by atoms with E-state index in [9.17, 15) is 0 Å². The molecule has 0 aliphatic rings. The first-order valence-electron chi connectivity index (χ1n) is 22.8. The van der Waals surface area contributed by atoms with E-state index >= 15 is 0 Å². The van der Waals surface area contributed by atoms with Crippen LogP contribution < -0.4 is 10.4 Å². The normalized spacial score (nSPS) is 10.5. The summed E-state index contributed by atoms with van der Waals surface area (Å²) >= 11 is 0. The van der Waals surface area contributed by atoms with Crippen molar-refractivity contribution in [3.8, 4) is 91.9 Å². The van der Waals surface area contributed by atoms with E-state index in [1.165, 1.54) is 0 Å². The summed E-state index contributed by atoms with van der Waals surface area (Å²) in [5, 5.41) is 6.37. The fraction of sp³-hybridized carbons (Fsp3) is 0. The monoisotopic (exact) mass is 856 g/mol. The van der Waals surface area contributed by atoms with Crippen LogP contribution in [0.5, 0.6) is 0 Å². The molecule has 0 spiro atoms. The van der Waals surface area contributed by atoms with Crippen molar-refractivity contribution in [2.45, 2.75) is 0 Å². The van der Waals surface area contributed by atoms with Crippen molar-refractivity contribution in [2.75, 3.05) is 0 Å². The Balaban J connectivity index is 1.46.